The van der Waals surface area contributed by atoms with E-state index in [1.165, 1.54) is 12.1 Å². The largest absolute Gasteiger partial charge is 0.496 e. The lowest BCUT2D eigenvalue weighted by Gasteiger charge is -2.31. The van der Waals surface area contributed by atoms with Crippen LogP contribution in [0.5, 0.6) is 5.75 Å². The molecule has 0 unspecified atom stereocenters. The Labute approximate surface area is 132 Å². The van der Waals surface area contributed by atoms with Crippen molar-refractivity contribution < 1.29 is 19.0 Å². The normalized spacial score (nSPS) is 23.5. The third kappa shape index (κ3) is 4.68. The molecule has 2 rings (SSSR count). The van der Waals surface area contributed by atoms with E-state index in [-0.39, 0.29) is 24.1 Å². The number of halogens is 1. The molecule has 0 amide bonds. The Balaban J connectivity index is 2.17. The molecule has 124 valence electrons. The minimum Gasteiger partial charge on any atom is -0.496 e. The standard InChI is InChI=1S/C18H27FO3/c1-12(2)10-18(22-15-7-5-14(20)6-8-15)16-11-13(19)4-9-17(16)21-3/h4,9,11-12,14-15,18,20H,5-8,10H2,1-3H3/t14-,15+,18-/m0/s1. The smallest absolute Gasteiger partial charge is 0.124 e. The number of hydrogen-bond acceptors (Lipinski definition) is 3. The second-order valence-corrected chi connectivity index (χ2v) is 6.57. The van der Waals surface area contributed by atoms with E-state index >= 15 is 0 Å². The van der Waals surface area contributed by atoms with Gasteiger partial charge in [0.1, 0.15) is 11.6 Å². The van der Waals surface area contributed by atoms with Gasteiger partial charge in [0.25, 0.3) is 0 Å². The van der Waals surface area contributed by atoms with Gasteiger partial charge in [-0.2, -0.15) is 0 Å². The second-order valence-electron chi connectivity index (χ2n) is 6.57. The summed E-state index contributed by atoms with van der Waals surface area (Å²) in [5.74, 6) is 0.835. The third-order valence-corrected chi connectivity index (χ3v) is 4.22. The fourth-order valence-electron chi connectivity index (χ4n) is 3.05. The Bertz CT molecular complexity index is 467. The molecule has 4 heteroatoms. The van der Waals surface area contributed by atoms with Gasteiger partial charge in [-0.1, -0.05) is 13.8 Å². The summed E-state index contributed by atoms with van der Waals surface area (Å²) >= 11 is 0. The highest BCUT2D eigenvalue weighted by Crippen LogP contribution is 2.36. The highest BCUT2D eigenvalue weighted by atomic mass is 19.1. The van der Waals surface area contributed by atoms with E-state index in [1.807, 2.05) is 0 Å². The van der Waals surface area contributed by atoms with Gasteiger partial charge in [0.05, 0.1) is 25.4 Å². The van der Waals surface area contributed by atoms with Gasteiger partial charge in [-0.05, 0) is 56.2 Å². The monoisotopic (exact) mass is 310 g/mol. The molecule has 1 atom stereocenters. The molecule has 0 aromatic heterocycles. The van der Waals surface area contributed by atoms with Crippen LogP contribution in [0.4, 0.5) is 4.39 Å². The van der Waals surface area contributed by atoms with Crippen LogP contribution >= 0.6 is 0 Å². The van der Waals surface area contributed by atoms with E-state index in [0.29, 0.717) is 11.7 Å². The number of methoxy groups -OCH3 is 1. The fourth-order valence-corrected chi connectivity index (χ4v) is 3.05. The van der Waals surface area contributed by atoms with Gasteiger partial charge in [0.2, 0.25) is 0 Å². The summed E-state index contributed by atoms with van der Waals surface area (Å²) in [6.45, 7) is 4.26. The van der Waals surface area contributed by atoms with Crippen LogP contribution < -0.4 is 4.74 Å². The van der Waals surface area contributed by atoms with E-state index in [0.717, 1.165) is 37.7 Å². The Kier molecular flexibility index (Phi) is 6.21. The summed E-state index contributed by atoms with van der Waals surface area (Å²) in [5.41, 5.74) is 0.780. The van der Waals surface area contributed by atoms with Crippen LogP contribution in [0, 0.1) is 11.7 Å². The van der Waals surface area contributed by atoms with Crippen LogP contribution in [-0.4, -0.2) is 24.4 Å². The molecule has 22 heavy (non-hydrogen) atoms. The van der Waals surface area contributed by atoms with Crippen molar-refractivity contribution in [2.75, 3.05) is 7.11 Å². The van der Waals surface area contributed by atoms with E-state index < -0.39 is 0 Å². The number of hydrogen-bond donors (Lipinski definition) is 1. The Hall–Kier alpha value is -1.13. The van der Waals surface area contributed by atoms with E-state index in [2.05, 4.69) is 13.8 Å². The molecule has 0 bridgehead atoms. The summed E-state index contributed by atoms with van der Waals surface area (Å²) in [7, 11) is 1.60. The van der Waals surface area contributed by atoms with Gasteiger partial charge in [-0.15, -0.1) is 0 Å². The van der Waals surface area contributed by atoms with Crippen LogP contribution in [0.3, 0.4) is 0 Å². The molecule has 0 radical (unpaired) electrons. The maximum atomic E-state index is 13.7. The molecule has 3 nitrogen and oxygen atoms in total. The summed E-state index contributed by atoms with van der Waals surface area (Å²) in [6, 6.07) is 4.58. The van der Waals surface area contributed by atoms with Crippen LogP contribution in [-0.2, 0) is 4.74 Å². The predicted molar refractivity (Wildman–Crippen MR) is 84.5 cm³/mol. The Morgan fingerprint density at radius 2 is 1.91 bits per heavy atom. The topological polar surface area (TPSA) is 38.7 Å². The highest BCUT2D eigenvalue weighted by Gasteiger charge is 2.26. The first kappa shape index (κ1) is 17.2. The first-order chi connectivity index (χ1) is 10.5. The van der Waals surface area contributed by atoms with Gasteiger partial charge in [-0.25, -0.2) is 4.39 Å². The number of aliphatic hydroxyl groups is 1. The van der Waals surface area contributed by atoms with Crippen molar-refractivity contribution in [1.82, 2.24) is 0 Å². The first-order valence-electron chi connectivity index (χ1n) is 8.16. The van der Waals surface area contributed by atoms with Gasteiger partial charge in [0.15, 0.2) is 0 Å². The van der Waals surface area contributed by atoms with Crippen LogP contribution in [0.15, 0.2) is 18.2 Å². The summed E-state index contributed by atoms with van der Waals surface area (Å²) in [5, 5.41) is 9.62. The number of aliphatic hydroxyl groups excluding tert-OH is 1. The van der Waals surface area contributed by atoms with Crippen LogP contribution in [0.2, 0.25) is 0 Å². The van der Waals surface area contributed by atoms with Gasteiger partial charge < -0.3 is 14.6 Å². The number of benzene rings is 1. The van der Waals surface area contributed by atoms with E-state index in [1.54, 1.807) is 13.2 Å². The maximum Gasteiger partial charge on any atom is 0.124 e. The average Bonchev–Trinajstić information content (AvgIpc) is 2.48. The lowest BCUT2D eigenvalue weighted by Crippen LogP contribution is -2.26. The lowest BCUT2D eigenvalue weighted by molar-refractivity contribution is -0.0573. The quantitative estimate of drug-likeness (QED) is 0.854. The summed E-state index contributed by atoms with van der Waals surface area (Å²) in [6.07, 6.45) is 3.83. The molecule has 1 saturated carbocycles. The van der Waals surface area contributed by atoms with Crippen molar-refractivity contribution in [3.63, 3.8) is 0 Å². The zero-order valence-electron chi connectivity index (χ0n) is 13.7. The molecular weight excluding hydrogens is 283 g/mol. The van der Waals surface area contributed by atoms with Crippen molar-refractivity contribution in [3.05, 3.63) is 29.6 Å². The lowest BCUT2D eigenvalue weighted by atomic mass is 9.93. The minimum absolute atomic E-state index is 0.125. The molecule has 0 aliphatic heterocycles. The maximum absolute atomic E-state index is 13.7. The molecule has 1 aliphatic carbocycles. The number of rotatable bonds is 6. The van der Waals surface area contributed by atoms with Gasteiger partial charge in [-0.3, -0.25) is 0 Å². The SMILES string of the molecule is COc1ccc(F)cc1[C@H](CC(C)C)O[C@H]1CC[C@@H](O)CC1. The fraction of sp³-hybridized carbons (Fsp3) is 0.667. The molecule has 1 aromatic carbocycles. The molecule has 0 spiro atoms. The minimum atomic E-state index is -0.271. The zero-order valence-corrected chi connectivity index (χ0v) is 13.7. The zero-order chi connectivity index (χ0) is 16.1. The van der Waals surface area contributed by atoms with Crippen LogP contribution in [0.1, 0.15) is 57.6 Å². The van der Waals surface area contributed by atoms with E-state index in [4.69, 9.17) is 9.47 Å². The molecule has 1 N–H and O–H groups in total. The van der Waals surface area contributed by atoms with E-state index in [9.17, 15) is 9.50 Å². The van der Waals surface area contributed by atoms with Crippen molar-refractivity contribution >= 4 is 0 Å². The number of ether oxygens (including phenoxy) is 2. The van der Waals surface area contributed by atoms with Crippen LogP contribution in [0.25, 0.3) is 0 Å². The molecule has 0 saturated heterocycles. The predicted octanol–water partition coefficient (Wildman–Crippen LogP) is 4.24. The van der Waals surface area contributed by atoms with Crippen molar-refractivity contribution in [1.29, 1.82) is 0 Å². The van der Waals surface area contributed by atoms with Crippen molar-refractivity contribution in [3.8, 4) is 5.75 Å². The molecule has 0 heterocycles. The highest BCUT2D eigenvalue weighted by molar-refractivity contribution is 5.36. The Morgan fingerprint density at radius 1 is 1.23 bits per heavy atom. The molecule has 1 fully saturated rings. The van der Waals surface area contributed by atoms with Gasteiger partial charge >= 0.3 is 0 Å². The summed E-state index contributed by atoms with van der Waals surface area (Å²) in [4.78, 5) is 0. The summed E-state index contributed by atoms with van der Waals surface area (Å²) < 4.78 is 25.3. The first-order valence-corrected chi connectivity index (χ1v) is 8.16. The third-order valence-electron chi connectivity index (χ3n) is 4.22. The molecular formula is C18H27FO3. The van der Waals surface area contributed by atoms with Crippen molar-refractivity contribution in [2.45, 2.75) is 64.3 Å². The Morgan fingerprint density at radius 3 is 2.50 bits per heavy atom. The molecule has 1 aliphatic rings. The average molecular weight is 310 g/mol. The van der Waals surface area contributed by atoms with Gasteiger partial charge in [0, 0.05) is 5.56 Å². The second kappa shape index (κ2) is 7.93. The van der Waals surface area contributed by atoms with Crippen molar-refractivity contribution in [2.24, 2.45) is 5.92 Å². The molecule has 1 aromatic rings.